The molecule has 58 valence electrons. The lowest BCUT2D eigenvalue weighted by Crippen LogP contribution is -2.23. The third-order valence-corrected chi connectivity index (χ3v) is 2.42. The average Bonchev–Trinajstić information content (AvgIpc) is 2.30. The zero-order valence-corrected chi connectivity index (χ0v) is 6.36. The fourth-order valence-electron chi connectivity index (χ4n) is 1.84. The fraction of sp³-hybridized carbons (Fsp3) is 0.833. The molecule has 2 aliphatic rings. The quantitative estimate of drug-likeness (QED) is 0.539. The maximum absolute atomic E-state index is 10.6. The molecule has 3 nitrogen and oxygen atoms in total. The Morgan fingerprint density at radius 3 is 2.20 bits per heavy atom. The summed E-state index contributed by atoms with van der Waals surface area (Å²) in [6, 6.07) is 0. The third kappa shape index (κ3) is 0.896. The van der Waals surface area contributed by atoms with E-state index in [1.54, 1.807) is 0 Å². The van der Waals surface area contributed by atoms with Gasteiger partial charge in [-0.1, -0.05) is 0 Å². The number of carbonyl (C=O) groups excluding carboxylic acids is 1. The summed E-state index contributed by atoms with van der Waals surface area (Å²) in [5.74, 6) is 1.28. The molecule has 1 aliphatic carbocycles. The molecule has 1 unspecified atom stereocenters. The Balaban J connectivity index is 0.000000500. The van der Waals surface area contributed by atoms with Crippen LogP contribution in [0.15, 0.2) is 0 Å². The van der Waals surface area contributed by atoms with Gasteiger partial charge < -0.3 is 11.1 Å². The first-order valence-electron chi connectivity index (χ1n) is 3.31. The Hall–Kier alpha value is -0.280. The SMILES string of the molecule is Cl.NC(=O)C1[C@H]2CNC[C@@H]12. The van der Waals surface area contributed by atoms with Crippen LogP contribution < -0.4 is 11.1 Å². The molecule has 4 heteroatoms. The molecule has 1 aliphatic heterocycles. The standard InChI is InChI=1S/C6H10N2O.ClH/c7-6(9)5-3-1-8-2-4(3)5;/h3-5,8H,1-2H2,(H2,7,9);1H/t3-,4+,5?;. The van der Waals surface area contributed by atoms with E-state index in [9.17, 15) is 4.79 Å². The lowest BCUT2D eigenvalue weighted by atomic mass is 10.3. The molecule has 0 aromatic carbocycles. The summed E-state index contributed by atoms with van der Waals surface area (Å²) in [4.78, 5) is 10.6. The second kappa shape index (κ2) is 2.40. The number of carbonyl (C=O) groups is 1. The van der Waals surface area contributed by atoms with Crippen LogP contribution in [0.5, 0.6) is 0 Å². The highest BCUT2D eigenvalue weighted by molar-refractivity contribution is 5.85. The van der Waals surface area contributed by atoms with E-state index < -0.39 is 0 Å². The lowest BCUT2D eigenvalue weighted by Gasteiger charge is -1.97. The van der Waals surface area contributed by atoms with Gasteiger partial charge in [0, 0.05) is 5.92 Å². The van der Waals surface area contributed by atoms with Crippen LogP contribution >= 0.6 is 12.4 Å². The van der Waals surface area contributed by atoms with E-state index in [0.717, 1.165) is 13.1 Å². The number of rotatable bonds is 1. The van der Waals surface area contributed by atoms with Crippen LogP contribution in [0.3, 0.4) is 0 Å². The normalized spacial score (nSPS) is 41.8. The Morgan fingerprint density at radius 2 is 1.90 bits per heavy atom. The topological polar surface area (TPSA) is 55.1 Å². The van der Waals surface area contributed by atoms with Crippen LogP contribution in [0.1, 0.15) is 0 Å². The molecular weight excluding hydrogens is 152 g/mol. The van der Waals surface area contributed by atoms with E-state index in [1.165, 1.54) is 0 Å². The van der Waals surface area contributed by atoms with Crippen molar-refractivity contribution in [2.75, 3.05) is 13.1 Å². The number of fused-ring (bicyclic) bond motifs is 1. The van der Waals surface area contributed by atoms with Crippen molar-refractivity contribution in [1.29, 1.82) is 0 Å². The summed E-state index contributed by atoms with van der Waals surface area (Å²) in [5, 5.41) is 3.20. The molecule has 3 N–H and O–H groups in total. The predicted molar refractivity (Wildman–Crippen MR) is 39.8 cm³/mol. The monoisotopic (exact) mass is 162 g/mol. The minimum absolute atomic E-state index is 0. The predicted octanol–water partition coefficient (Wildman–Crippen LogP) is -0.641. The summed E-state index contributed by atoms with van der Waals surface area (Å²) in [7, 11) is 0. The highest BCUT2D eigenvalue weighted by Crippen LogP contribution is 2.48. The second-order valence-corrected chi connectivity index (χ2v) is 2.91. The highest BCUT2D eigenvalue weighted by atomic mass is 35.5. The van der Waals surface area contributed by atoms with E-state index in [2.05, 4.69) is 5.32 Å². The fourth-order valence-corrected chi connectivity index (χ4v) is 1.84. The summed E-state index contributed by atoms with van der Waals surface area (Å²) in [6.45, 7) is 2.00. The molecule has 0 aromatic rings. The zero-order chi connectivity index (χ0) is 6.43. The number of nitrogens with two attached hydrogens (primary N) is 1. The van der Waals surface area contributed by atoms with E-state index in [0.29, 0.717) is 11.8 Å². The summed E-state index contributed by atoms with van der Waals surface area (Å²) < 4.78 is 0. The van der Waals surface area contributed by atoms with Crippen molar-refractivity contribution in [3.8, 4) is 0 Å². The largest absolute Gasteiger partial charge is 0.369 e. The molecular formula is C6H11ClN2O. The molecule has 1 heterocycles. The minimum atomic E-state index is -0.105. The van der Waals surface area contributed by atoms with Crippen molar-refractivity contribution in [2.45, 2.75) is 0 Å². The molecule has 0 bridgehead atoms. The molecule has 0 spiro atoms. The number of piperidine rings is 1. The van der Waals surface area contributed by atoms with Crippen LogP contribution in [0.2, 0.25) is 0 Å². The van der Waals surface area contributed by atoms with Crippen LogP contribution in [0.4, 0.5) is 0 Å². The Bertz CT molecular complexity index is 152. The van der Waals surface area contributed by atoms with Crippen molar-refractivity contribution < 1.29 is 4.79 Å². The summed E-state index contributed by atoms with van der Waals surface area (Å²) >= 11 is 0. The number of hydrogen-bond donors (Lipinski definition) is 2. The molecule has 1 saturated heterocycles. The molecule has 2 rings (SSSR count). The van der Waals surface area contributed by atoms with Crippen molar-refractivity contribution in [3.05, 3.63) is 0 Å². The zero-order valence-electron chi connectivity index (χ0n) is 5.54. The van der Waals surface area contributed by atoms with E-state index >= 15 is 0 Å². The van der Waals surface area contributed by atoms with Crippen LogP contribution in [0.25, 0.3) is 0 Å². The Labute approximate surface area is 65.8 Å². The first-order chi connectivity index (χ1) is 4.30. The Morgan fingerprint density at radius 1 is 1.40 bits per heavy atom. The first kappa shape index (κ1) is 7.82. The summed E-state index contributed by atoms with van der Waals surface area (Å²) in [5.41, 5.74) is 5.12. The molecule has 0 aromatic heterocycles. The van der Waals surface area contributed by atoms with Gasteiger partial charge in [0.05, 0.1) is 0 Å². The number of primary amides is 1. The van der Waals surface area contributed by atoms with E-state index in [-0.39, 0.29) is 24.2 Å². The van der Waals surface area contributed by atoms with Gasteiger partial charge in [0.2, 0.25) is 5.91 Å². The van der Waals surface area contributed by atoms with Gasteiger partial charge in [0.25, 0.3) is 0 Å². The van der Waals surface area contributed by atoms with Gasteiger partial charge in [-0.2, -0.15) is 0 Å². The molecule has 3 atom stereocenters. The number of hydrogen-bond acceptors (Lipinski definition) is 2. The van der Waals surface area contributed by atoms with Gasteiger partial charge >= 0.3 is 0 Å². The third-order valence-electron chi connectivity index (χ3n) is 2.42. The molecule has 2 fully saturated rings. The first-order valence-corrected chi connectivity index (χ1v) is 3.31. The van der Waals surface area contributed by atoms with Crippen molar-refractivity contribution >= 4 is 18.3 Å². The van der Waals surface area contributed by atoms with Gasteiger partial charge in [0.1, 0.15) is 0 Å². The number of amides is 1. The maximum atomic E-state index is 10.6. The van der Waals surface area contributed by atoms with Crippen LogP contribution in [-0.4, -0.2) is 19.0 Å². The van der Waals surface area contributed by atoms with Crippen LogP contribution in [0, 0.1) is 17.8 Å². The molecule has 10 heavy (non-hydrogen) atoms. The minimum Gasteiger partial charge on any atom is -0.369 e. The van der Waals surface area contributed by atoms with Crippen LogP contribution in [-0.2, 0) is 4.79 Å². The smallest absolute Gasteiger partial charge is 0.221 e. The van der Waals surface area contributed by atoms with Gasteiger partial charge in [-0.15, -0.1) is 12.4 Å². The summed E-state index contributed by atoms with van der Waals surface area (Å²) in [6.07, 6.45) is 0. The van der Waals surface area contributed by atoms with Crippen molar-refractivity contribution in [2.24, 2.45) is 23.5 Å². The average molecular weight is 163 g/mol. The number of nitrogens with one attached hydrogen (secondary N) is 1. The van der Waals surface area contributed by atoms with Gasteiger partial charge in [-0.3, -0.25) is 4.79 Å². The van der Waals surface area contributed by atoms with Crippen molar-refractivity contribution in [1.82, 2.24) is 5.32 Å². The molecule has 1 amide bonds. The van der Waals surface area contributed by atoms with Gasteiger partial charge in [-0.25, -0.2) is 0 Å². The lowest BCUT2D eigenvalue weighted by molar-refractivity contribution is -0.119. The van der Waals surface area contributed by atoms with Gasteiger partial charge in [0.15, 0.2) is 0 Å². The Kier molecular flexibility index (Phi) is 1.88. The van der Waals surface area contributed by atoms with Gasteiger partial charge in [-0.05, 0) is 24.9 Å². The maximum Gasteiger partial charge on any atom is 0.221 e. The number of halogens is 1. The highest BCUT2D eigenvalue weighted by Gasteiger charge is 2.55. The second-order valence-electron chi connectivity index (χ2n) is 2.91. The molecule has 1 saturated carbocycles. The molecule has 0 radical (unpaired) electrons. The van der Waals surface area contributed by atoms with E-state index in [1.807, 2.05) is 0 Å². The van der Waals surface area contributed by atoms with E-state index in [4.69, 9.17) is 5.73 Å². The van der Waals surface area contributed by atoms with Crippen molar-refractivity contribution in [3.63, 3.8) is 0 Å².